The molecular weight excluding hydrogens is 292 g/mol. The van der Waals surface area contributed by atoms with Crippen molar-refractivity contribution in [2.75, 3.05) is 38.3 Å². The first kappa shape index (κ1) is 15.4. The topological polar surface area (TPSA) is 58.6 Å². The monoisotopic (exact) mass is 312 g/mol. The Morgan fingerprint density at radius 3 is 2.70 bits per heavy atom. The number of hydrogen-bond acceptors (Lipinski definition) is 5. The van der Waals surface area contributed by atoms with Gasteiger partial charge in [-0.3, -0.25) is 4.79 Å². The van der Waals surface area contributed by atoms with Crippen LogP contribution in [0.25, 0.3) is 0 Å². The van der Waals surface area contributed by atoms with Crippen LogP contribution in [0.4, 0.5) is 5.95 Å². The Hall–Kier alpha value is -2.47. The highest BCUT2D eigenvalue weighted by molar-refractivity contribution is 5.92. The first-order valence-electron chi connectivity index (χ1n) is 7.69. The van der Waals surface area contributed by atoms with Crippen molar-refractivity contribution in [3.8, 4) is 0 Å². The van der Waals surface area contributed by atoms with Crippen molar-refractivity contribution in [3.63, 3.8) is 0 Å². The van der Waals surface area contributed by atoms with E-state index < -0.39 is 0 Å². The minimum Gasteiger partial charge on any atom is -0.378 e. The third-order valence-electron chi connectivity index (χ3n) is 3.77. The van der Waals surface area contributed by atoms with Crippen LogP contribution >= 0.6 is 0 Å². The average Bonchev–Trinajstić information content (AvgIpc) is 2.63. The molecule has 0 aliphatic carbocycles. The lowest BCUT2D eigenvalue weighted by molar-refractivity contribution is 0.0779. The van der Waals surface area contributed by atoms with Gasteiger partial charge in [-0.15, -0.1) is 0 Å². The third kappa shape index (κ3) is 3.84. The number of amides is 1. The summed E-state index contributed by atoms with van der Waals surface area (Å²) in [6.07, 6.45) is 1.64. The number of benzene rings is 1. The van der Waals surface area contributed by atoms with Crippen molar-refractivity contribution in [2.45, 2.75) is 6.54 Å². The number of rotatable bonds is 4. The maximum Gasteiger partial charge on any atom is 0.272 e. The molecule has 0 unspecified atom stereocenters. The summed E-state index contributed by atoms with van der Waals surface area (Å²) in [5.41, 5.74) is 1.51. The summed E-state index contributed by atoms with van der Waals surface area (Å²) in [6, 6.07) is 11.6. The van der Waals surface area contributed by atoms with Gasteiger partial charge in [0.15, 0.2) is 0 Å². The fourth-order valence-electron chi connectivity index (χ4n) is 2.51. The zero-order chi connectivity index (χ0) is 16.1. The van der Waals surface area contributed by atoms with Gasteiger partial charge in [0.1, 0.15) is 5.69 Å². The fraction of sp³-hybridized carbons (Fsp3) is 0.353. The smallest absolute Gasteiger partial charge is 0.272 e. The van der Waals surface area contributed by atoms with E-state index in [1.807, 2.05) is 35.2 Å². The van der Waals surface area contributed by atoms with Crippen LogP contribution in [0, 0.1) is 0 Å². The summed E-state index contributed by atoms with van der Waals surface area (Å²) in [7, 11) is 1.78. The second-order valence-electron chi connectivity index (χ2n) is 5.49. The molecule has 0 spiro atoms. The summed E-state index contributed by atoms with van der Waals surface area (Å²) >= 11 is 0. The Bertz CT molecular complexity index is 657. The molecule has 3 rings (SSSR count). The molecule has 0 radical (unpaired) electrons. The third-order valence-corrected chi connectivity index (χ3v) is 3.77. The lowest BCUT2D eigenvalue weighted by atomic mass is 10.2. The quantitative estimate of drug-likeness (QED) is 0.858. The van der Waals surface area contributed by atoms with Gasteiger partial charge in [0.2, 0.25) is 5.95 Å². The number of aromatic nitrogens is 2. The van der Waals surface area contributed by atoms with Gasteiger partial charge in [-0.05, 0) is 11.6 Å². The standard InChI is InChI=1S/C17H20N4O2/c1-20(13-14-5-3-2-4-6-14)16(22)15-7-8-18-17(19-15)21-9-11-23-12-10-21/h2-8H,9-13H2,1H3. The molecule has 0 saturated carbocycles. The second kappa shape index (κ2) is 7.19. The van der Waals surface area contributed by atoms with Crippen LogP contribution in [0.1, 0.15) is 16.1 Å². The van der Waals surface area contributed by atoms with Gasteiger partial charge >= 0.3 is 0 Å². The predicted molar refractivity (Wildman–Crippen MR) is 87.3 cm³/mol. The highest BCUT2D eigenvalue weighted by Crippen LogP contribution is 2.12. The molecule has 1 fully saturated rings. The number of nitrogens with zero attached hydrogens (tertiary/aromatic N) is 4. The number of hydrogen-bond donors (Lipinski definition) is 0. The van der Waals surface area contributed by atoms with Crippen molar-refractivity contribution >= 4 is 11.9 Å². The Labute approximate surface area is 135 Å². The molecule has 2 heterocycles. The van der Waals surface area contributed by atoms with E-state index in [1.165, 1.54) is 0 Å². The van der Waals surface area contributed by atoms with Crippen LogP contribution in [-0.2, 0) is 11.3 Å². The second-order valence-corrected chi connectivity index (χ2v) is 5.49. The highest BCUT2D eigenvalue weighted by Gasteiger charge is 2.18. The molecule has 120 valence electrons. The lowest BCUT2D eigenvalue weighted by Crippen LogP contribution is -2.37. The van der Waals surface area contributed by atoms with Gasteiger partial charge in [0.05, 0.1) is 13.2 Å². The normalized spacial score (nSPS) is 14.6. The summed E-state index contributed by atoms with van der Waals surface area (Å²) in [5, 5.41) is 0. The van der Waals surface area contributed by atoms with Crippen molar-refractivity contribution in [3.05, 3.63) is 53.9 Å². The largest absolute Gasteiger partial charge is 0.378 e. The molecule has 1 aromatic heterocycles. The minimum absolute atomic E-state index is 0.106. The van der Waals surface area contributed by atoms with Gasteiger partial charge in [0.25, 0.3) is 5.91 Å². The Morgan fingerprint density at radius 1 is 1.22 bits per heavy atom. The van der Waals surface area contributed by atoms with E-state index in [1.54, 1.807) is 24.2 Å². The van der Waals surface area contributed by atoms with Crippen LogP contribution < -0.4 is 4.90 Å². The van der Waals surface area contributed by atoms with Crippen LogP contribution in [-0.4, -0.2) is 54.1 Å². The molecule has 1 aromatic carbocycles. The van der Waals surface area contributed by atoms with Crippen molar-refractivity contribution in [1.82, 2.24) is 14.9 Å². The number of carbonyl (C=O) groups is 1. The highest BCUT2D eigenvalue weighted by atomic mass is 16.5. The molecule has 1 aliphatic heterocycles. The molecule has 1 saturated heterocycles. The van der Waals surface area contributed by atoms with E-state index in [4.69, 9.17) is 4.74 Å². The fourth-order valence-corrected chi connectivity index (χ4v) is 2.51. The predicted octanol–water partition coefficient (Wildman–Crippen LogP) is 1.59. The lowest BCUT2D eigenvalue weighted by Gasteiger charge is -2.27. The molecule has 1 amide bonds. The maximum absolute atomic E-state index is 12.6. The molecular formula is C17H20N4O2. The Kier molecular flexibility index (Phi) is 4.83. The van der Waals surface area contributed by atoms with Crippen LogP contribution in [0.5, 0.6) is 0 Å². The zero-order valence-electron chi connectivity index (χ0n) is 13.2. The van der Waals surface area contributed by atoms with Gasteiger partial charge in [-0.1, -0.05) is 30.3 Å². The van der Waals surface area contributed by atoms with E-state index in [0.717, 1.165) is 18.7 Å². The first-order valence-corrected chi connectivity index (χ1v) is 7.69. The molecule has 0 N–H and O–H groups in total. The molecule has 6 heteroatoms. The van der Waals surface area contributed by atoms with Crippen LogP contribution in [0.15, 0.2) is 42.6 Å². The van der Waals surface area contributed by atoms with E-state index >= 15 is 0 Å². The van der Waals surface area contributed by atoms with Gasteiger partial charge in [0, 0.05) is 32.9 Å². The first-order chi connectivity index (χ1) is 11.2. The van der Waals surface area contributed by atoms with E-state index in [0.29, 0.717) is 31.4 Å². The summed E-state index contributed by atoms with van der Waals surface area (Å²) in [5.74, 6) is 0.484. The van der Waals surface area contributed by atoms with E-state index in [9.17, 15) is 4.79 Å². The van der Waals surface area contributed by atoms with E-state index in [-0.39, 0.29) is 5.91 Å². The van der Waals surface area contributed by atoms with Crippen LogP contribution in [0.3, 0.4) is 0 Å². The maximum atomic E-state index is 12.6. The molecule has 1 aliphatic rings. The van der Waals surface area contributed by atoms with Crippen molar-refractivity contribution < 1.29 is 9.53 Å². The number of ether oxygens (including phenoxy) is 1. The summed E-state index contributed by atoms with van der Waals surface area (Å²) in [6.45, 7) is 3.37. The van der Waals surface area contributed by atoms with Gasteiger partial charge in [-0.2, -0.15) is 0 Å². The Balaban J connectivity index is 1.71. The van der Waals surface area contributed by atoms with Gasteiger partial charge < -0.3 is 14.5 Å². The van der Waals surface area contributed by atoms with Crippen molar-refractivity contribution in [1.29, 1.82) is 0 Å². The zero-order valence-corrected chi connectivity index (χ0v) is 13.2. The van der Waals surface area contributed by atoms with E-state index in [2.05, 4.69) is 9.97 Å². The van der Waals surface area contributed by atoms with Gasteiger partial charge in [-0.25, -0.2) is 9.97 Å². The molecule has 23 heavy (non-hydrogen) atoms. The summed E-state index contributed by atoms with van der Waals surface area (Å²) < 4.78 is 5.33. The average molecular weight is 312 g/mol. The molecule has 0 atom stereocenters. The molecule has 2 aromatic rings. The number of carbonyl (C=O) groups excluding carboxylic acids is 1. The number of anilines is 1. The minimum atomic E-state index is -0.106. The molecule has 0 bridgehead atoms. The summed E-state index contributed by atoms with van der Waals surface area (Å²) in [4.78, 5) is 25.0. The number of morpholine rings is 1. The molecule has 6 nitrogen and oxygen atoms in total. The van der Waals surface area contributed by atoms with Crippen molar-refractivity contribution in [2.24, 2.45) is 0 Å². The Morgan fingerprint density at radius 2 is 1.96 bits per heavy atom. The SMILES string of the molecule is CN(Cc1ccccc1)C(=O)c1ccnc(N2CCOCC2)n1. The van der Waals surface area contributed by atoms with Crippen LogP contribution in [0.2, 0.25) is 0 Å².